The second kappa shape index (κ2) is 5.06. The van der Waals surface area contributed by atoms with Crippen LogP contribution in [0.2, 0.25) is 0 Å². The van der Waals surface area contributed by atoms with Gasteiger partial charge in [-0.05, 0) is 52.0 Å². The molecule has 10 heteroatoms. The Kier molecular flexibility index (Phi) is 3.73. The number of hydrogen-bond acceptors (Lipinski definition) is 2. The van der Waals surface area contributed by atoms with Gasteiger partial charge in [-0.2, -0.15) is 18.3 Å². The van der Waals surface area contributed by atoms with Crippen LogP contribution >= 0.6 is 28.4 Å². The van der Waals surface area contributed by atoms with Gasteiger partial charge >= 0.3 is 13.7 Å². The van der Waals surface area contributed by atoms with E-state index < -0.39 is 23.0 Å². The number of aromatic nitrogens is 2. The van der Waals surface area contributed by atoms with E-state index in [2.05, 4.69) is 5.10 Å². The lowest BCUT2D eigenvalue weighted by atomic mass is 9.77. The molecule has 3 nitrogen and oxygen atoms in total. The van der Waals surface area contributed by atoms with Gasteiger partial charge < -0.3 is 5.02 Å². The van der Waals surface area contributed by atoms with E-state index in [1.807, 2.05) is 22.0 Å². The fraction of sp³-hybridized carbons (Fsp3) is 0.364. The van der Waals surface area contributed by atoms with Gasteiger partial charge in [0.05, 0.1) is 23.7 Å². The molecule has 1 saturated carbocycles. The summed E-state index contributed by atoms with van der Waals surface area (Å²) in [5.41, 5.74) is -3.40. The van der Waals surface area contributed by atoms with Gasteiger partial charge in [-0.15, -0.1) is 0 Å². The lowest BCUT2D eigenvalue weighted by Crippen LogP contribution is -2.29. The third kappa shape index (κ3) is 2.47. The van der Waals surface area contributed by atoms with Crippen LogP contribution in [0.5, 0.6) is 0 Å². The predicted octanol–water partition coefficient (Wildman–Crippen LogP) is 3.04. The van der Waals surface area contributed by atoms with Gasteiger partial charge in [-0.25, -0.2) is 8.84 Å². The lowest BCUT2D eigenvalue weighted by Gasteiger charge is -2.19. The van der Waals surface area contributed by atoms with Crippen LogP contribution in [0.4, 0.5) is 17.6 Å². The van der Waals surface area contributed by atoms with Gasteiger partial charge in [0.2, 0.25) is 0 Å². The molecule has 0 bridgehead atoms. The summed E-state index contributed by atoms with van der Waals surface area (Å²) < 4.78 is 55.7. The maximum atomic E-state index is 14.4. The van der Waals surface area contributed by atoms with Crippen molar-refractivity contribution in [2.24, 2.45) is 0 Å². The first-order valence-electron chi connectivity index (χ1n) is 5.97. The topological polar surface area (TPSA) is 38.1 Å². The molecule has 2 aromatic rings. The van der Waals surface area contributed by atoms with E-state index in [1.165, 1.54) is 10.6 Å². The van der Waals surface area contributed by atoms with Crippen LogP contribution in [0.3, 0.4) is 0 Å². The molecular weight excluding hydrogens is 421 g/mol. The molecule has 0 spiro atoms. The number of halogens is 5. The molecule has 1 heterocycles. The summed E-state index contributed by atoms with van der Waals surface area (Å²) in [6.45, 7) is 0. The highest BCUT2D eigenvalue weighted by Gasteiger charge is 2.52. The molecule has 0 aliphatic heterocycles. The third-order valence-electron chi connectivity index (χ3n) is 3.57. The van der Waals surface area contributed by atoms with Crippen LogP contribution in [-0.4, -0.2) is 22.1 Å². The van der Waals surface area contributed by atoms with Crippen LogP contribution in [-0.2, 0) is 11.8 Å². The highest BCUT2D eigenvalue weighted by Crippen LogP contribution is 2.53. The molecule has 0 saturated heterocycles. The lowest BCUT2D eigenvalue weighted by molar-refractivity contribution is -0.138. The van der Waals surface area contributed by atoms with E-state index >= 15 is 0 Å². The highest BCUT2D eigenvalue weighted by atomic mass is 127. The first-order valence-corrected chi connectivity index (χ1v) is 10.0. The average molecular weight is 429 g/mol. The Morgan fingerprint density at radius 1 is 1.43 bits per heavy atom. The molecule has 1 N–H and O–H groups in total. The van der Waals surface area contributed by atoms with Gasteiger partial charge in [0.25, 0.3) is 0 Å². The number of hydrogen-bond donors (Lipinski definition) is 1. The van der Waals surface area contributed by atoms with E-state index in [9.17, 15) is 22.6 Å². The van der Waals surface area contributed by atoms with Crippen molar-refractivity contribution in [3.05, 3.63) is 23.4 Å². The van der Waals surface area contributed by atoms with Gasteiger partial charge in [0.1, 0.15) is 5.67 Å². The van der Waals surface area contributed by atoms with Crippen LogP contribution in [0.25, 0.3) is 10.9 Å². The standard InChI is InChI=1S/C11H8BF4IN2OP/c13-10(1-2-10)8-6(11(14,15)16)3-7-5(9(8)12-20)4-18-19(7)21-17/h3-4,20-21H,1-2H2. The molecule has 0 amide bonds. The van der Waals surface area contributed by atoms with E-state index in [1.54, 1.807) is 0 Å². The van der Waals surface area contributed by atoms with Crippen molar-refractivity contribution in [2.75, 3.05) is 0 Å². The predicted molar refractivity (Wildman–Crippen MR) is 82.1 cm³/mol. The Labute approximate surface area is 132 Å². The van der Waals surface area contributed by atoms with Gasteiger partial charge in [-0.1, -0.05) is 0 Å². The SMILES string of the molecule is O[B]c1c(C2(F)CC2)c(C(F)(F)F)cc2c1cnn2PI. The van der Waals surface area contributed by atoms with E-state index in [0.717, 1.165) is 6.07 Å². The third-order valence-corrected chi connectivity index (χ3v) is 5.46. The second-order valence-electron chi connectivity index (χ2n) is 4.88. The van der Waals surface area contributed by atoms with Crippen LogP contribution < -0.4 is 5.46 Å². The summed E-state index contributed by atoms with van der Waals surface area (Å²) in [7, 11) is 0.550. The minimum Gasteiger partial charge on any atom is -0.450 e. The van der Waals surface area contributed by atoms with Crippen molar-refractivity contribution in [3.63, 3.8) is 0 Å². The van der Waals surface area contributed by atoms with Gasteiger partial charge in [-0.3, -0.25) is 0 Å². The largest absolute Gasteiger partial charge is 0.450 e. The number of fused-ring (bicyclic) bond motifs is 1. The fourth-order valence-electron chi connectivity index (χ4n) is 2.46. The smallest absolute Gasteiger partial charge is 0.416 e. The monoisotopic (exact) mass is 429 g/mol. The number of nitrogens with zero attached hydrogens (tertiary/aromatic N) is 2. The highest BCUT2D eigenvalue weighted by molar-refractivity contribution is 14.2. The van der Waals surface area contributed by atoms with Crippen molar-refractivity contribution in [2.45, 2.75) is 24.7 Å². The first-order chi connectivity index (χ1) is 9.81. The summed E-state index contributed by atoms with van der Waals surface area (Å²) >= 11 is 1.99. The zero-order valence-electron chi connectivity index (χ0n) is 10.4. The van der Waals surface area contributed by atoms with Crippen LogP contribution in [0, 0.1) is 0 Å². The molecular formula is C11H8BF4IN2OP. The first kappa shape index (κ1) is 15.5. The minimum atomic E-state index is -4.69. The molecule has 3 rings (SSSR count). The van der Waals surface area contributed by atoms with Crippen LogP contribution in [0.15, 0.2) is 12.3 Å². The molecule has 111 valence electrons. The molecule has 1 aliphatic carbocycles. The number of alkyl halides is 4. The minimum absolute atomic E-state index is 0.0323. The van der Waals surface area contributed by atoms with E-state index in [4.69, 9.17) is 0 Å². The molecule has 1 atom stereocenters. The molecule has 1 aromatic carbocycles. The van der Waals surface area contributed by atoms with Crippen molar-refractivity contribution in [3.8, 4) is 0 Å². The Bertz CT molecular complexity index is 716. The zero-order valence-corrected chi connectivity index (χ0v) is 13.5. The zero-order chi connectivity index (χ0) is 15.4. The van der Waals surface area contributed by atoms with Crippen molar-refractivity contribution >= 4 is 52.3 Å². The van der Waals surface area contributed by atoms with E-state index in [-0.39, 0.29) is 30.2 Å². The summed E-state index contributed by atoms with van der Waals surface area (Å²) in [4.78, 5) is 0. The fourth-order valence-corrected chi connectivity index (χ4v) is 3.99. The Balaban J connectivity index is 2.41. The maximum Gasteiger partial charge on any atom is 0.416 e. The van der Waals surface area contributed by atoms with Crippen molar-refractivity contribution in [1.82, 2.24) is 9.55 Å². The van der Waals surface area contributed by atoms with Crippen molar-refractivity contribution < 1.29 is 22.6 Å². The normalized spacial score (nSPS) is 17.8. The summed E-state index contributed by atoms with van der Waals surface area (Å²) in [5.74, 6) is 0. The molecule has 1 unspecified atom stereocenters. The second-order valence-corrected chi connectivity index (χ2v) is 6.92. The quantitative estimate of drug-likeness (QED) is 0.353. The summed E-state index contributed by atoms with van der Waals surface area (Å²) in [6, 6.07) is 0.927. The molecule has 1 fully saturated rings. The van der Waals surface area contributed by atoms with Crippen LogP contribution in [0.1, 0.15) is 24.0 Å². The molecule has 21 heavy (non-hydrogen) atoms. The molecule has 1 radical (unpaired) electrons. The number of benzene rings is 1. The average Bonchev–Trinajstić information content (AvgIpc) is 3.02. The summed E-state index contributed by atoms with van der Waals surface area (Å²) in [5, 5.41) is 13.7. The van der Waals surface area contributed by atoms with Gasteiger partial charge in [0.15, 0.2) is 0 Å². The Morgan fingerprint density at radius 2 is 2.10 bits per heavy atom. The van der Waals surface area contributed by atoms with Gasteiger partial charge in [0, 0.05) is 5.39 Å². The van der Waals surface area contributed by atoms with E-state index in [0.29, 0.717) is 12.9 Å². The number of rotatable bonds is 3. The molecule has 1 aliphatic rings. The Hall–Kier alpha value is -0.405. The van der Waals surface area contributed by atoms with Crippen molar-refractivity contribution in [1.29, 1.82) is 0 Å². The molecule has 1 aromatic heterocycles. The maximum absolute atomic E-state index is 14.4. The Morgan fingerprint density at radius 3 is 2.57 bits per heavy atom. The summed E-state index contributed by atoms with van der Waals surface area (Å²) in [6.07, 6.45) is -3.16.